The van der Waals surface area contributed by atoms with Crippen molar-refractivity contribution in [1.82, 2.24) is 4.57 Å². The lowest BCUT2D eigenvalue weighted by molar-refractivity contribution is 0.0843. The molecule has 6 heteroatoms. The number of carbonyl (C=O) groups excluding carboxylic acids is 2. The summed E-state index contributed by atoms with van der Waals surface area (Å²) in [4.78, 5) is 23.7. The van der Waals surface area contributed by atoms with Crippen molar-refractivity contribution in [3.63, 3.8) is 0 Å². The summed E-state index contributed by atoms with van der Waals surface area (Å²) in [5.74, 6) is 0.117. The highest BCUT2D eigenvalue weighted by Crippen LogP contribution is 2.32. The number of hydrogen-bond acceptors (Lipinski definition) is 3. The highest BCUT2D eigenvalue weighted by Gasteiger charge is 2.15. The molecular formula is C18H13Cl2NO3. The molecule has 0 spiro atoms. The molecule has 0 atom stereocenters. The van der Waals surface area contributed by atoms with Crippen LogP contribution in [0.5, 0.6) is 5.75 Å². The molecule has 0 aliphatic rings. The van der Waals surface area contributed by atoms with E-state index in [1.807, 2.05) is 12.1 Å². The number of ether oxygens (including phenoxy) is 1. The van der Waals surface area contributed by atoms with Crippen molar-refractivity contribution in [1.29, 1.82) is 0 Å². The minimum atomic E-state index is -0.301. The molecule has 1 aromatic heterocycles. The molecule has 2 aromatic carbocycles. The summed E-state index contributed by atoms with van der Waals surface area (Å²) < 4.78 is 7.00. The maximum atomic E-state index is 12.5. The summed E-state index contributed by atoms with van der Waals surface area (Å²) in [5, 5.41) is 1.57. The molecule has 0 unspecified atom stereocenters. The lowest BCUT2D eigenvalue weighted by Gasteiger charge is -2.11. The van der Waals surface area contributed by atoms with Crippen LogP contribution in [0.3, 0.4) is 0 Å². The first kappa shape index (κ1) is 16.6. The third-order valence-electron chi connectivity index (χ3n) is 3.67. The molecule has 0 amide bonds. The zero-order chi connectivity index (χ0) is 17.3. The zero-order valence-corrected chi connectivity index (χ0v) is 14.3. The molecule has 0 N–H and O–H groups in total. The predicted octanol–water partition coefficient (Wildman–Crippen LogP) is 4.79. The Hall–Kier alpha value is -2.30. The Labute approximate surface area is 148 Å². The topological polar surface area (TPSA) is 48.3 Å². The molecule has 0 fully saturated rings. The number of carbonyl (C=O) groups is 2. The Morgan fingerprint density at radius 2 is 2.00 bits per heavy atom. The van der Waals surface area contributed by atoms with Crippen molar-refractivity contribution < 1.29 is 14.3 Å². The molecule has 0 radical (unpaired) electrons. The first-order chi connectivity index (χ1) is 11.5. The number of halogens is 2. The van der Waals surface area contributed by atoms with Gasteiger partial charge < -0.3 is 4.74 Å². The standard InChI is InChI=1S/C18H13Cl2NO3/c1-11-6-13(19)7-15(20)18(11)24-10-17(23)21-8-12(9-22)14-4-2-3-5-16(14)21/h2-9H,10H2,1H3. The molecule has 1 heterocycles. The van der Waals surface area contributed by atoms with Crippen molar-refractivity contribution in [2.45, 2.75) is 6.92 Å². The summed E-state index contributed by atoms with van der Waals surface area (Å²) in [7, 11) is 0. The highest BCUT2D eigenvalue weighted by molar-refractivity contribution is 6.35. The number of rotatable bonds is 4. The summed E-state index contributed by atoms with van der Waals surface area (Å²) >= 11 is 12.0. The van der Waals surface area contributed by atoms with Gasteiger partial charge in [0, 0.05) is 22.2 Å². The van der Waals surface area contributed by atoms with Crippen molar-refractivity contribution >= 4 is 46.3 Å². The molecule has 0 bridgehead atoms. The minimum absolute atomic E-state index is 0.209. The van der Waals surface area contributed by atoms with E-state index in [-0.39, 0.29) is 12.5 Å². The van der Waals surface area contributed by atoms with Gasteiger partial charge in [0.2, 0.25) is 0 Å². The number of aldehydes is 1. The van der Waals surface area contributed by atoms with Crippen LogP contribution in [-0.4, -0.2) is 23.4 Å². The smallest absolute Gasteiger partial charge is 0.269 e. The molecule has 0 aliphatic heterocycles. The third kappa shape index (κ3) is 3.03. The number of nitrogens with zero attached hydrogens (tertiary/aromatic N) is 1. The van der Waals surface area contributed by atoms with E-state index in [4.69, 9.17) is 27.9 Å². The molecule has 0 saturated carbocycles. The monoisotopic (exact) mass is 361 g/mol. The molecule has 0 saturated heterocycles. The van der Waals surface area contributed by atoms with Crippen LogP contribution in [0.25, 0.3) is 10.9 Å². The number of aryl methyl sites for hydroxylation is 1. The number of fused-ring (bicyclic) bond motifs is 1. The number of aromatic nitrogens is 1. The lowest BCUT2D eigenvalue weighted by Crippen LogP contribution is -2.18. The van der Waals surface area contributed by atoms with Gasteiger partial charge in [0.15, 0.2) is 12.9 Å². The molecule has 0 aliphatic carbocycles. The minimum Gasteiger partial charge on any atom is -0.482 e. The molecule has 3 aromatic rings. The van der Waals surface area contributed by atoms with Gasteiger partial charge in [-0.1, -0.05) is 41.4 Å². The molecule has 122 valence electrons. The quantitative estimate of drug-likeness (QED) is 0.627. The SMILES string of the molecule is Cc1cc(Cl)cc(Cl)c1OCC(=O)n1cc(C=O)c2ccccc21. The van der Waals surface area contributed by atoms with Crippen molar-refractivity contribution in [2.75, 3.05) is 6.61 Å². The average molecular weight is 362 g/mol. The van der Waals surface area contributed by atoms with Gasteiger partial charge in [-0.2, -0.15) is 0 Å². The Balaban J connectivity index is 1.88. The van der Waals surface area contributed by atoms with Gasteiger partial charge in [-0.25, -0.2) is 0 Å². The fraction of sp³-hybridized carbons (Fsp3) is 0.111. The summed E-state index contributed by atoms with van der Waals surface area (Å²) in [6.07, 6.45) is 2.24. The van der Waals surface area contributed by atoms with E-state index < -0.39 is 0 Å². The van der Waals surface area contributed by atoms with E-state index in [2.05, 4.69) is 0 Å². The average Bonchev–Trinajstić information content (AvgIpc) is 2.92. The summed E-state index contributed by atoms with van der Waals surface area (Å²) in [6.45, 7) is 1.59. The van der Waals surface area contributed by atoms with Crippen molar-refractivity contribution in [3.05, 3.63) is 63.8 Å². The van der Waals surface area contributed by atoms with Crippen LogP contribution >= 0.6 is 23.2 Å². The molecule has 24 heavy (non-hydrogen) atoms. The largest absolute Gasteiger partial charge is 0.482 e. The van der Waals surface area contributed by atoms with E-state index in [0.717, 1.165) is 17.2 Å². The fourth-order valence-electron chi connectivity index (χ4n) is 2.58. The van der Waals surface area contributed by atoms with Crippen LogP contribution in [0, 0.1) is 6.92 Å². The third-order valence-corrected chi connectivity index (χ3v) is 4.17. The molecule has 3 rings (SSSR count). The zero-order valence-electron chi connectivity index (χ0n) is 12.8. The maximum Gasteiger partial charge on any atom is 0.269 e. The van der Waals surface area contributed by atoms with Crippen LogP contribution < -0.4 is 4.74 Å². The van der Waals surface area contributed by atoms with Crippen LogP contribution in [0.15, 0.2) is 42.6 Å². The fourth-order valence-corrected chi connectivity index (χ4v) is 3.23. The van der Waals surface area contributed by atoms with Crippen LogP contribution in [0.2, 0.25) is 10.0 Å². The normalized spacial score (nSPS) is 10.8. The second-order valence-electron chi connectivity index (χ2n) is 5.31. The first-order valence-electron chi connectivity index (χ1n) is 7.18. The number of para-hydroxylation sites is 1. The van der Waals surface area contributed by atoms with Crippen LogP contribution in [-0.2, 0) is 0 Å². The summed E-state index contributed by atoms with van der Waals surface area (Å²) in [5.41, 5.74) is 1.86. The number of hydrogen-bond donors (Lipinski definition) is 0. The van der Waals surface area contributed by atoms with E-state index in [0.29, 0.717) is 26.9 Å². The van der Waals surface area contributed by atoms with Gasteiger partial charge in [0.25, 0.3) is 5.91 Å². The second-order valence-corrected chi connectivity index (χ2v) is 6.15. The molecular weight excluding hydrogens is 349 g/mol. The highest BCUT2D eigenvalue weighted by atomic mass is 35.5. The van der Waals surface area contributed by atoms with Gasteiger partial charge in [0.05, 0.1) is 10.5 Å². The van der Waals surface area contributed by atoms with Crippen LogP contribution in [0.4, 0.5) is 0 Å². The van der Waals surface area contributed by atoms with Gasteiger partial charge >= 0.3 is 0 Å². The van der Waals surface area contributed by atoms with E-state index in [1.54, 1.807) is 31.2 Å². The Morgan fingerprint density at radius 1 is 1.25 bits per heavy atom. The van der Waals surface area contributed by atoms with Crippen molar-refractivity contribution in [2.24, 2.45) is 0 Å². The van der Waals surface area contributed by atoms with Gasteiger partial charge in [-0.05, 0) is 30.7 Å². The Morgan fingerprint density at radius 3 is 2.71 bits per heavy atom. The predicted molar refractivity (Wildman–Crippen MR) is 94.6 cm³/mol. The van der Waals surface area contributed by atoms with Gasteiger partial charge in [-0.3, -0.25) is 14.2 Å². The maximum absolute atomic E-state index is 12.5. The lowest BCUT2D eigenvalue weighted by atomic mass is 10.2. The second kappa shape index (κ2) is 6.67. The van der Waals surface area contributed by atoms with E-state index in [9.17, 15) is 9.59 Å². The van der Waals surface area contributed by atoms with E-state index >= 15 is 0 Å². The van der Waals surface area contributed by atoms with E-state index in [1.165, 1.54) is 10.8 Å². The van der Waals surface area contributed by atoms with Crippen LogP contribution in [0.1, 0.15) is 20.7 Å². The van der Waals surface area contributed by atoms with Gasteiger partial charge in [0.1, 0.15) is 5.75 Å². The Kier molecular flexibility index (Phi) is 4.60. The van der Waals surface area contributed by atoms with Crippen molar-refractivity contribution in [3.8, 4) is 5.75 Å². The summed E-state index contributed by atoms with van der Waals surface area (Å²) in [6, 6.07) is 10.5. The molecule has 4 nitrogen and oxygen atoms in total. The van der Waals surface area contributed by atoms with Gasteiger partial charge in [-0.15, -0.1) is 0 Å². The number of benzene rings is 2. The Bertz CT molecular complexity index is 924. The first-order valence-corrected chi connectivity index (χ1v) is 7.93.